The van der Waals surface area contributed by atoms with Gasteiger partial charge in [-0.2, -0.15) is 5.26 Å². The van der Waals surface area contributed by atoms with E-state index < -0.39 is 27.4 Å². The molecule has 0 aliphatic heterocycles. The zero-order valence-electron chi connectivity index (χ0n) is 17.6. The van der Waals surface area contributed by atoms with Crippen molar-refractivity contribution in [2.75, 3.05) is 16.2 Å². The van der Waals surface area contributed by atoms with Crippen LogP contribution in [0.5, 0.6) is 0 Å². The number of nitro groups is 1. The average molecular weight is 465 g/mol. The number of amides is 1. The zero-order valence-corrected chi connectivity index (χ0v) is 18.5. The normalized spacial score (nSPS) is 10.8. The van der Waals surface area contributed by atoms with Gasteiger partial charge >= 0.3 is 0 Å². The van der Waals surface area contributed by atoms with E-state index >= 15 is 0 Å². The number of nitrogens with zero attached hydrogens (tertiary/aromatic N) is 3. The lowest BCUT2D eigenvalue weighted by atomic mass is 10.1. The van der Waals surface area contributed by atoms with Gasteiger partial charge in [0.05, 0.1) is 28.0 Å². The van der Waals surface area contributed by atoms with E-state index in [0.29, 0.717) is 5.69 Å². The number of sulfonamides is 1. The predicted molar refractivity (Wildman–Crippen MR) is 123 cm³/mol. The van der Waals surface area contributed by atoms with Crippen molar-refractivity contribution in [2.24, 2.45) is 0 Å². The molecule has 1 amide bonds. The topological polar surface area (TPSA) is 133 Å². The molecule has 0 unspecified atom stereocenters. The Labute approximate surface area is 191 Å². The Balaban J connectivity index is 1.94. The molecule has 3 rings (SSSR count). The largest absolute Gasteiger partial charge is 0.325 e. The lowest BCUT2D eigenvalue weighted by Crippen LogP contribution is -2.38. The predicted octanol–water partition coefficient (Wildman–Crippen LogP) is 3.80. The first-order chi connectivity index (χ1) is 15.7. The molecule has 0 aliphatic rings. The summed E-state index contributed by atoms with van der Waals surface area (Å²) in [5.41, 5.74) is 1.74. The van der Waals surface area contributed by atoms with Gasteiger partial charge in [-0.05, 0) is 42.8 Å². The Morgan fingerprint density at radius 1 is 1.09 bits per heavy atom. The highest BCUT2D eigenvalue weighted by molar-refractivity contribution is 7.92. The van der Waals surface area contributed by atoms with Crippen LogP contribution in [0.1, 0.15) is 11.1 Å². The van der Waals surface area contributed by atoms with Crippen LogP contribution in [0.15, 0.2) is 77.7 Å². The molecule has 0 fully saturated rings. The molecular weight excluding hydrogens is 444 g/mol. The summed E-state index contributed by atoms with van der Waals surface area (Å²) in [7, 11) is -4.20. The Morgan fingerprint density at radius 3 is 2.36 bits per heavy atom. The standard InChI is InChI=1S/C23H20N4O5S/c1-17-5-11-22(12-6-17)33(31,32)26(20-3-2-4-21(15-20)27(29)30)16-23(28)25-19-9-7-18(8-10-19)13-14-24/h2-12,15H,13,16H2,1H3,(H,25,28). The molecule has 10 heteroatoms. The minimum atomic E-state index is -4.20. The smallest absolute Gasteiger partial charge is 0.271 e. The van der Waals surface area contributed by atoms with Gasteiger partial charge in [0.25, 0.3) is 15.7 Å². The van der Waals surface area contributed by atoms with Crippen LogP contribution < -0.4 is 9.62 Å². The molecular formula is C23H20N4O5S. The van der Waals surface area contributed by atoms with Crippen molar-refractivity contribution in [1.82, 2.24) is 0 Å². The number of aryl methyl sites for hydroxylation is 1. The number of nitriles is 1. The van der Waals surface area contributed by atoms with Gasteiger partial charge in [-0.25, -0.2) is 8.42 Å². The SMILES string of the molecule is Cc1ccc(S(=O)(=O)N(CC(=O)Nc2ccc(CC#N)cc2)c2cccc([N+](=O)[O-])c2)cc1. The third kappa shape index (κ3) is 5.72. The number of non-ortho nitro benzene ring substituents is 1. The fourth-order valence-electron chi connectivity index (χ4n) is 3.04. The molecule has 168 valence electrons. The van der Waals surface area contributed by atoms with Crippen LogP contribution >= 0.6 is 0 Å². The van der Waals surface area contributed by atoms with E-state index in [-0.39, 0.29) is 22.7 Å². The molecule has 0 saturated carbocycles. The van der Waals surface area contributed by atoms with Crippen molar-refractivity contribution in [3.05, 3.63) is 94.0 Å². The van der Waals surface area contributed by atoms with Gasteiger partial charge in [-0.1, -0.05) is 35.9 Å². The number of hydrogen-bond donors (Lipinski definition) is 1. The Hall–Kier alpha value is -4.23. The highest BCUT2D eigenvalue weighted by atomic mass is 32.2. The van der Waals surface area contributed by atoms with Crippen molar-refractivity contribution in [3.8, 4) is 6.07 Å². The molecule has 0 spiro atoms. The van der Waals surface area contributed by atoms with Gasteiger partial charge in [0, 0.05) is 17.8 Å². The number of anilines is 2. The maximum absolute atomic E-state index is 13.4. The summed E-state index contributed by atoms with van der Waals surface area (Å²) in [6, 6.07) is 19.8. The number of nitro benzene ring substituents is 1. The monoisotopic (exact) mass is 464 g/mol. The van der Waals surface area contributed by atoms with Crippen molar-refractivity contribution in [1.29, 1.82) is 5.26 Å². The van der Waals surface area contributed by atoms with Crippen LogP contribution in [0.2, 0.25) is 0 Å². The molecule has 3 aromatic carbocycles. The maximum Gasteiger partial charge on any atom is 0.271 e. The van der Waals surface area contributed by atoms with E-state index in [4.69, 9.17) is 5.26 Å². The van der Waals surface area contributed by atoms with Gasteiger partial charge in [0.2, 0.25) is 5.91 Å². The highest BCUT2D eigenvalue weighted by Gasteiger charge is 2.28. The molecule has 33 heavy (non-hydrogen) atoms. The molecule has 0 saturated heterocycles. The summed E-state index contributed by atoms with van der Waals surface area (Å²) >= 11 is 0. The van der Waals surface area contributed by atoms with Crippen LogP contribution in [-0.4, -0.2) is 25.8 Å². The van der Waals surface area contributed by atoms with Crippen molar-refractivity contribution >= 4 is 33.0 Å². The van der Waals surface area contributed by atoms with E-state index in [1.807, 2.05) is 13.0 Å². The lowest BCUT2D eigenvalue weighted by molar-refractivity contribution is -0.384. The number of rotatable bonds is 8. The van der Waals surface area contributed by atoms with E-state index in [1.165, 1.54) is 30.3 Å². The fraction of sp³-hybridized carbons (Fsp3) is 0.130. The van der Waals surface area contributed by atoms with Gasteiger partial charge in [0.1, 0.15) is 6.54 Å². The summed E-state index contributed by atoms with van der Waals surface area (Å²) in [4.78, 5) is 23.3. The molecule has 9 nitrogen and oxygen atoms in total. The molecule has 0 radical (unpaired) electrons. The second-order valence-electron chi connectivity index (χ2n) is 7.18. The molecule has 0 atom stereocenters. The number of hydrogen-bond acceptors (Lipinski definition) is 6. The van der Waals surface area contributed by atoms with E-state index in [0.717, 1.165) is 21.5 Å². The van der Waals surface area contributed by atoms with Gasteiger partial charge in [0.15, 0.2) is 0 Å². The fourth-order valence-corrected chi connectivity index (χ4v) is 4.46. The minimum Gasteiger partial charge on any atom is -0.325 e. The molecule has 0 bridgehead atoms. The van der Waals surface area contributed by atoms with Gasteiger partial charge in [-0.3, -0.25) is 19.2 Å². The number of carbonyl (C=O) groups excluding carboxylic acids is 1. The first-order valence-corrected chi connectivity index (χ1v) is 11.2. The zero-order chi connectivity index (χ0) is 24.0. The lowest BCUT2D eigenvalue weighted by Gasteiger charge is -2.24. The van der Waals surface area contributed by atoms with Crippen molar-refractivity contribution < 1.29 is 18.1 Å². The molecule has 0 aromatic heterocycles. The number of benzene rings is 3. The summed E-state index contributed by atoms with van der Waals surface area (Å²) < 4.78 is 27.6. The summed E-state index contributed by atoms with van der Waals surface area (Å²) in [5, 5.41) is 22.6. The second-order valence-corrected chi connectivity index (χ2v) is 9.04. The van der Waals surface area contributed by atoms with E-state index in [1.54, 1.807) is 36.4 Å². The van der Waals surface area contributed by atoms with E-state index in [9.17, 15) is 23.3 Å². The van der Waals surface area contributed by atoms with Crippen molar-refractivity contribution in [3.63, 3.8) is 0 Å². The average Bonchev–Trinajstić information content (AvgIpc) is 2.79. The highest BCUT2D eigenvalue weighted by Crippen LogP contribution is 2.27. The van der Waals surface area contributed by atoms with Crippen LogP contribution in [-0.2, 0) is 21.2 Å². The van der Waals surface area contributed by atoms with E-state index in [2.05, 4.69) is 5.32 Å². The first kappa shape index (κ1) is 23.4. The molecule has 0 heterocycles. The Bertz CT molecular complexity index is 1310. The first-order valence-electron chi connectivity index (χ1n) is 9.80. The van der Waals surface area contributed by atoms with Gasteiger partial charge in [-0.15, -0.1) is 0 Å². The van der Waals surface area contributed by atoms with Crippen LogP contribution in [0.25, 0.3) is 0 Å². The third-order valence-corrected chi connectivity index (χ3v) is 6.53. The van der Waals surface area contributed by atoms with Crippen LogP contribution in [0.3, 0.4) is 0 Å². The number of carbonyl (C=O) groups is 1. The quantitative estimate of drug-likeness (QED) is 0.398. The van der Waals surface area contributed by atoms with Crippen molar-refractivity contribution in [2.45, 2.75) is 18.2 Å². The maximum atomic E-state index is 13.4. The third-order valence-electron chi connectivity index (χ3n) is 4.75. The Kier molecular flexibility index (Phi) is 7.05. The molecule has 1 N–H and O–H groups in total. The molecule has 0 aliphatic carbocycles. The minimum absolute atomic E-state index is 0.00991. The Morgan fingerprint density at radius 2 is 1.76 bits per heavy atom. The molecule has 3 aromatic rings. The summed E-state index contributed by atoms with van der Waals surface area (Å²) in [6.45, 7) is 1.21. The number of nitrogens with one attached hydrogen (secondary N) is 1. The van der Waals surface area contributed by atoms with Crippen LogP contribution in [0.4, 0.5) is 17.1 Å². The van der Waals surface area contributed by atoms with Crippen LogP contribution in [0, 0.1) is 28.4 Å². The second kappa shape index (κ2) is 9.93. The summed E-state index contributed by atoms with van der Waals surface area (Å²) in [6.07, 6.45) is 0.226. The van der Waals surface area contributed by atoms with Gasteiger partial charge < -0.3 is 5.32 Å². The summed E-state index contributed by atoms with van der Waals surface area (Å²) in [5.74, 6) is -0.634.